The van der Waals surface area contributed by atoms with Crippen LogP contribution in [0, 0.1) is 30.6 Å². The van der Waals surface area contributed by atoms with Gasteiger partial charge in [-0.15, -0.1) is 0 Å². The quantitative estimate of drug-likeness (QED) is 0.887. The Morgan fingerprint density at radius 1 is 1.16 bits per heavy atom. The van der Waals surface area contributed by atoms with Crippen LogP contribution in [0.15, 0.2) is 4.52 Å². The van der Waals surface area contributed by atoms with E-state index in [1.165, 1.54) is 32.1 Å². The minimum atomic E-state index is -0.976. The van der Waals surface area contributed by atoms with E-state index in [-0.39, 0.29) is 5.69 Å². The van der Waals surface area contributed by atoms with E-state index in [0.29, 0.717) is 17.8 Å². The summed E-state index contributed by atoms with van der Waals surface area (Å²) in [7, 11) is 0. The van der Waals surface area contributed by atoms with Crippen molar-refractivity contribution in [1.82, 2.24) is 5.16 Å². The van der Waals surface area contributed by atoms with Gasteiger partial charge in [0.05, 0.1) is 0 Å². The second kappa shape index (κ2) is 3.84. The fraction of sp³-hybridized carbons (Fsp3) is 0.733. The SMILES string of the molecule is Cc1c(C(=O)O)noc1C1C2CC3CC(C2)CC1C3. The summed E-state index contributed by atoms with van der Waals surface area (Å²) in [5, 5.41) is 12.9. The molecule has 0 radical (unpaired) electrons. The molecular formula is C15H19NO3. The highest BCUT2D eigenvalue weighted by atomic mass is 16.5. The summed E-state index contributed by atoms with van der Waals surface area (Å²) in [5.41, 5.74) is 0.855. The van der Waals surface area contributed by atoms with E-state index >= 15 is 0 Å². The Morgan fingerprint density at radius 3 is 2.21 bits per heavy atom. The molecule has 1 aromatic heterocycles. The lowest BCUT2D eigenvalue weighted by molar-refractivity contribution is -0.0116. The fourth-order valence-electron chi connectivity index (χ4n) is 5.21. The molecule has 19 heavy (non-hydrogen) atoms. The van der Waals surface area contributed by atoms with Gasteiger partial charge in [0, 0.05) is 11.5 Å². The van der Waals surface area contributed by atoms with E-state index in [1.54, 1.807) is 0 Å². The van der Waals surface area contributed by atoms with Gasteiger partial charge < -0.3 is 9.63 Å². The zero-order valence-corrected chi connectivity index (χ0v) is 11.1. The second-order valence-electron chi connectivity index (χ2n) is 6.78. The van der Waals surface area contributed by atoms with Crippen LogP contribution in [0.5, 0.6) is 0 Å². The predicted molar refractivity (Wildman–Crippen MR) is 68.0 cm³/mol. The lowest BCUT2D eigenvalue weighted by atomic mass is 9.51. The van der Waals surface area contributed by atoms with Crippen molar-refractivity contribution < 1.29 is 14.4 Å². The van der Waals surface area contributed by atoms with Crippen LogP contribution in [-0.4, -0.2) is 16.2 Å². The van der Waals surface area contributed by atoms with Crippen molar-refractivity contribution in [2.75, 3.05) is 0 Å². The summed E-state index contributed by atoms with van der Waals surface area (Å²) in [4.78, 5) is 11.1. The van der Waals surface area contributed by atoms with E-state index in [9.17, 15) is 4.79 Å². The third-order valence-electron chi connectivity index (χ3n) is 5.69. The summed E-state index contributed by atoms with van der Waals surface area (Å²) in [6.45, 7) is 1.85. The largest absolute Gasteiger partial charge is 0.476 e. The number of carboxylic acid groups (broad SMARTS) is 1. The van der Waals surface area contributed by atoms with Gasteiger partial charge in [-0.05, 0) is 62.7 Å². The second-order valence-corrected chi connectivity index (χ2v) is 6.78. The summed E-state index contributed by atoms with van der Waals surface area (Å²) >= 11 is 0. The monoisotopic (exact) mass is 261 g/mol. The topological polar surface area (TPSA) is 63.3 Å². The molecule has 1 aromatic rings. The zero-order valence-electron chi connectivity index (χ0n) is 11.1. The minimum Gasteiger partial charge on any atom is -0.476 e. The molecule has 0 aromatic carbocycles. The van der Waals surface area contributed by atoms with Crippen LogP contribution >= 0.6 is 0 Å². The van der Waals surface area contributed by atoms with Crippen LogP contribution in [0.25, 0.3) is 0 Å². The van der Waals surface area contributed by atoms with Crippen molar-refractivity contribution in [3.63, 3.8) is 0 Å². The maximum Gasteiger partial charge on any atom is 0.358 e. The highest BCUT2D eigenvalue weighted by molar-refractivity contribution is 5.87. The van der Waals surface area contributed by atoms with Crippen LogP contribution in [0.1, 0.15) is 59.8 Å². The molecule has 1 heterocycles. The molecule has 4 fully saturated rings. The number of rotatable bonds is 2. The molecule has 4 saturated carbocycles. The van der Waals surface area contributed by atoms with Crippen LogP contribution in [0.2, 0.25) is 0 Å². The van der Waals surface area contributed by atoms with Crippen molar-refractivity contribution in [2.24, 2.45) is 23.7 Å². The van der Waals surface area contributed by atoms with Gasteiger partial charge in [-0.3, -0.25) is 0 Å². The molecule has 0 saturated heterocycles. The first-order valence-corrected chi connectivity index (χ1v) is 7.33. The normalized spacial score (nSPS) is 39.7. The lowest BCUT2D eigenvalue weighted by Crippen LogP contribution is -2.43. The molecule has 0 unspecified atom stereocenters. The molecule has 5 rings (SSSR count). The molecule has 4 aliphatic rings. The zero-order chi connectivity index (χ0) is 13.1. The number of nitrogens with zero attached hydrogens (tertiary/aromatic N) is 1. The molecule has 1 N–H and O–H groups in total. The third kappa shape index (κ3) is 1.58. The van der Waals surface area contributed by atoms with E-state index in [0.717, 1.165) is 23.2 Å². The average molecular weight is 261 g/mol. The van der Waals surface area contributed by atoms with Crippen molar-refractivity contribution in [3.8, 4) is 0 Å². The number of hydrogen-bond acceptors (Lipinski definition) is 3. The molecule has 4 bridgehead atoms. The van der Waals surface area contributed by atoms with Crippen LogP contribution in [0.3, 0.4) is 0 Å². The number of hydrogen-bond donors (Lipinski definition) is 1. The summed E-state index contributed by atoms with van der Waals surface area (Å²) in [6, 6.07) is 0. The molecule has 0 amide bonds. The van der Waals surface area contributed by atoms with Crippen LogP contribution in [-0.2, 0) is 0 Å². The highest BCUT2D eigenvalue weighted by Gasteiger charge is 2.50. The number of aromatic nitrogens is 1. The lowest BCUT2D eigenvalue weighted by Gasteiger charge is -2.53. The van der Waals surface area contributed by atoms with Gasteiger partial charge in [-0.2, -0.15) is 0 Å². The maximum absolute atomic E-state index is 11.1. The van der Waals surface area contributed by atoms with Crippen molar-refractivity contribution >= 4 is 5.97 Å². The molecule has 102 valence electrons. The third-order valence-corrected chi connectivity index (χ3v) is 5.69. The van der Waals surface area contributed by atoms with E-state index < -0.39 is 5.97 Å². The minimum absolute atomic E-state index is 0.101. The first kappa shape index (κ1) is 11.5. The Hall–Kier alpha value is -1.32. The van der Waals surface area contributed by atoms with E-state index in [2.05, 4.69) is 5.16 Å². The smallest absolute Gasteiger partial charge is 0.358 e. The maximum atomic E-state index is 11.1. The molecule has 0 aliphatic heterocycles. The first-order valence-electron chi connectivity index (χ1n) is 7.33. The van der Waals surface area contributed by atoms with Crippen LogP contribution in [0.4, 0.5) is 0 Å². The number of carbonyl (C=O) groups is 1. The molecular weight excluding hydrogens is 242 g/mol. The molecule has 0 spiro atoms. The highest BCUT2D eigenvalue weighted by Crippen LogP contribution is 2.60. The van der Waals surface area contributed by atoms with Crippen molar-refractivity contribution in [2.45, 2.75) is 44.9 Å². The average Bonchev–Trinajstić information content (AvgIpc) is 2.70. The Bertz CT molecular complexity index is 505. The Morgan fingerprint density at radius 2 is 1.74 bits per heavy atom. The van der Waals surface area contributed by atoms with Crippen molar-refractivity contribution in [1.29, 1.82) is 0 Å². The molecule has 0 atom stereocenters. The Kier molecular flexibility index (Phi) is 2.32. The van der Waals surface area contributed by atoms with Gasteiger partial charge in [-0.1, -0.05) is 5.16 Å². The van der Waals surface area contributed by atoms with E-state index in [4.69, 9.17) is 9.63 Å². The first-order chi connectivity index (χ1) is 9.13. The molecule has 4 heteroatoms. The van der Waals surface area contributed by atoms with Gasteiger partial charge in [0.15, 0.2) is 5.69 Å². The van der Waals surface area contributed by atoms with Gasteiger partial charge in [0.2, 0.25) is 0 Å². The predicted octanol–water partition coefficient (Wildman–Crippen LogP) is 3.22. The number of aromatic carboxylic acids is 1. The standard InChI is InChI=1S/C15H19NO3/c1-7-13(15(17)18)16-19-14(7)12-10-3-8-2-9(5-10)6-11(12)4-8/h8-12H,2-6H2,1H3,(H,17,18). The van der Waals surface area contributed by atoms with E-state index in [1.807, 2.05) is 6.92 Å². The van der Waals surface area contributed by atoms with Gasteiger partial charge >= 0.3 is 5.97 Å². The molecule has 4 nitrogen and oxygen atoms in total. The van der Waals surface area contributed by atoms with Gasteiger partial charge in [0.1, 0.15) is 5.76 Å². The van der Waals surface area contributed by atoms with Crippen molar-refractivity contribution in [3.05, 3.63) is 17.0 Å². The van der Waals surface area contributed by atoms with Gasteiger partial charge in [-0.25, -0.2) is 4.79 Å². The molecule has 4 aliphatic carbocycles. The summed E-state index contributed by atoms with van der Waals surface area (Å²) in [6.07, 6.45) is 6.65. The summed E-state index contributed by atoms with van der Waals surface area (Å²) < 4.78 is 5.45. The fourth-order valence-corrected chi connectivity index (χ4v) is 5.21. The Balaban J connectivity index is 1.71. The number of carboxylic acids is 1. The van der Waals surface area contributed by atoms with Gasteiger partial charge in [0.25, 0.3) is 0 Å². The summed E-state index contributed by atoms with van der Waals surface area (Å²) in [5.74, 6) is 3.55. The Labute approximate surface area is 112 Å². The van der Waals surface area contributed by atoms with Crippen LogP contribution < -0.4 is 0 Å².